The number of esters is 1. The highest BCUT2D eigenvalue weighted by Crippen LogP contribution is 2.37. The molecule has 17 nitrogen and oxygen atoms in total. The molecule has 0 radical (unpaired) electrons. The zero-order chi connectivity index (χ0) is 45.1. The number of benzene rings is 2. The van der Waals surface area contributed by atoms with E-state index >= 15 is 0 Å². The molecular formula is C39H53F5N3O14P. The first-order valence-electron chi connectivity index (χ1n) is 20.1. The van der Waals surface area contributed by atoms with Crippen LogP contribution in [0.25, 0.3) is 0 Å². The van der Waals surface area contributed by atoms with Crippen LogP contribution in [0.1, 0.15) is 56.2 Å². The number of aromatic nitrogens is 3. The number of rotatable bonds is 29. The lowest BCUT2D eigenvalue weighted by atomic mass is 9.97. The molecule has 0 aliphatic carbocycles. The van der Waals surface area contributed by atoms with Gasteiger partial charge in [0.05, 0.1) is 83.8 Å². The van der Waals surface area contributed by atoms with Crippen molar-refractivity contribution in [3.63, 3.8) is 0 Å². The molecule has 3 aromatic rings. The van der Waals surface area contributed by atoms with E-state index in [9.17, 15) is 46.6 Å². The quantitative estimate of drug-likeness (QED) is 0.0128. The first-order valence-corrected chi connectivity index (χ1v) is 21.9. The van der Waals surface area contributed by atoms with Crippen molar-refractivity contribution in [2.24, 2.45) is 0 Å². The molecule has 1 aliphatic heterocycles. The first-order chi connectivity index (χ1) is 29.6. The lowest BCUT2D eigenvalue weighted by Crippen LogP contribution is -2.59. The molecule has 0 unspecified atom stereocenters. The normalized spacial score (nSPS) is 19.2. The van der Waals surface area contributed by atoms with Gasteiger partial charge in [0.1, 0.15) is 24.1 Å². The zero-order valence-corrected chi connectivity index (χ0v) is 34.7. The Kier molecular flexibility index (Phi) is 21.5. The van der Waals surface area contributed by atoms with E-state index < -0.39 is 91.7 Å². The number of unbranched alkanes of at least 4 members (excludes halogenated alkanes) is 4. The number of ether oxygens (including phenoxy) is 7. The predicted octanol–water partition coefficient (Wildman–Crippen LogP) is 3.53. The molecule has 1 saturated heterocycles. The highest BCUT2D eigenvalue weighted by molar-refractivity contribution is 7.51. The number of hydrogen-bond donors (Lipinski definition) is 5. The fourth-order valence-corrected chi connectivity index (χ4v) is 6.65. The summed E-state index contributed by atoms with van der Waals surface area (Å²) in [5, 5.41) is 39.1. The molecule has 348 valence electrons. The third-order valence-electron chi connectivity index (χ3n) is 9.45. The maximum Gasteiger partial charge on any atom is 0.325 e. The number of hydrogen-bond acceptors (Lipinski definition) is 14. The summed E-state index contributed by atoms with van der Waals surface area (Å²) in [6.07, 6.45) is 0.277. The molecule has 23 heteroatoms. The highest BCUT2D eigenvalue weighted by atomic mass is 31.2. The van der Waals surface area contributed by atoms with E-state index in [0.717, 1.165) is 56.2 Å². The summed E-state index contributed by atoms with van der Waals surface area (Å²) in [7, 11) is -4.35. The second-order valence-electron chi connectivity index (χ2n) is 14.3. The van der Waals surface area contributed by atoms with E-state index in [1.54, 1.807) is 16.8 Å². The molecule has 5 atom stereocenters. The van der Waals surface area contributed by atoms with Gasteiger partial charge in [0.15, 0.2) is 0 Å². The standard InChI is InChI=1S/C39H53F5N3O14P/c40-30-31(41)33(43)38(34(44)32(30)42)61-29(48)12-15-55-17-19-57-21-22-58-20-18-56-16-14-47-24-26(45-46-47)7-5-3-1-2-4-6-25-8-10-27(11-9-25)59-39-37(51)36(50)35(49)28(60-39)13-23-62(52,53)54/h8-11,24,28,35-37,39,49-51H,1-7,12-23H2,(H2,52,53,54)/t28-,35-,36+,37+,39+/m1/s1. The summed E-state index contributed by atoms with van der Waals surface area (Å²) in [5.74, 6) is -13.8. The molecule has 62 heavy (non-hydrogen) atoms. The van der Waals surface area contributed by atoms with Crippen molar-refractivity contribution in [1.82, 2.24) is 15.0 Å². The second kappa shape index (κ2) is 26.2. The third kappa shape index (κ3) is 17.1. The van der Waals surface area contributed by atoms with E-state index in [0.29, 0.717) is 32.1 Å². The van der Waals surface area contributed by atoms with Gasteiger partial charge in [0.2, 0.25) is 41.1 Å². The highest BCUT2D eigenvalue weighted by Gasteiger charge is 2.45. The van der Waals surface area contributed by atoms with Crippen molar-refractivity contribution in [2.75, 3.05) is 59.0 Å². The van der Waals surface area contributed by atoms with Crippen molar-refractivity contribution >= 4 is 13.6 Å². The number of carbonyl (C=O) groups excluding carboxylic acids is 1. The minimum atomic E-state index is -4.35. The van der Waals surface area contributed by atoms with Gasteiger partial charge in [0, 0.05) is 6.20 Å². The predicted molar refractivity (Wildman–Crippen MR) is 206 cm³/mol. The maximum absolute atomic E-state index is 13.6. The smallest absolute Gasteiger partial charge is 0.325 e. The molecule has 5 N–H and O–H groups in total. The van der Waals surface area contributed by atoms with Crippen LogP contribution in [0.3, 0.4) is 0 Å². The summed E-state index contributed by atoms with van der Waals surface area (Å²) in [6.45, 7) is 2.16. The zero-order valence-electron chi connectivity index (χ0n) is 33.8. The molecule has 2 heterocycles. The SMILES string of the molecule is O=C(CCOCCOCCOCCOCCn1cc(CCCCCCCc2ccc(O[C@H]3O[C@H](CCP(=O)(O)O)[C@@H](O)[C@H](O)[C@@H]3O)cc2)nn1)Oc1c(F)c(F)c(F)c(F)c1F. The Bertz CT molecular complexity index is 1830. The Labute approximate surface area is 354 Å². The molecule has 2 aromatic carbocycles. The van der Waals surface area contributed by atoms with E-state index in [1.807, 2.05) is 18.3 Å². The molecule has 1 fully saturated rings. The summed E-state index contributed by atoms with van der Waals surface area (Å²) >= 11 is 0. The van der Waals surface area contributed by atoms with E-state index in [4.69, 9.17) is 38.2 Å². The van der Waals surface area contributed by atoms with Gasteiger partial charge in [-0.3, -0.25) is 9.36 Å². The molecule has 0 saturated carbocycles. The van der Waals surface area contributed by atoms with E-state index in [1.165, 1.54) is 0 Å². The Balaban J connectivity index is 0.936. The topological polar surface area (TPSA) is 231 Å². The summed E-state index contributed by atoms with van der Waals surface area (Å²) in [5.41, 5.74) is 2.00. The summed E-state index contributed by atoms with van der Waals surface area (Å²) in [4.78, 5) is 30.0. The first kappa shape index (κ1) is 51.0. The molecule has 1 aliphatic rings. The van der Waals surface area contributed by atoms with Gasteiger partial charge in [-0.15, -0.1) is 5.10 Å². The summed E-state index contributed by atoms with van der Waals surface area (Å²) < 4.78 is 117. The van der Waals surface area contributed by atoms with Gasteiger partial charge in [-0.2, -0.15) is 8.78 Å². The van der Waals surface area contributed by atoms with Crippen LogP contribution in [-0.4, -0.2) is 136 Å². The number of aliphatic hydroxyl groups is 3. The fourth-order valence-electron chi connectivity index (χ4n) is 6.06. The van der Waals surface area contributed by atoms with Crippen molar-refractivity contribution in [3.05, 3.63) is 70.8 Å². The van der Waals surface area contributed by atoms with Crippen LogP contribution >= 0.6 is 7.60 Å². The average Bonchev–Trinajstić information content (AvgIpc) is 3.70. The average molecular weight is 914 g/mol. The van der Waals surface area contributed by atoms with Gasteiger partial charge in [-0.05, 0) is 49.8 Å². The van der Waals surface area contributed by atoms with Crippen LogP contribution < -0.4 is 9.47 Å². The van der Waals surface area contributed by atoms with Gasteiger partial charge in [-0.25, -0.2) is 17.9 Å². The van der Waals surface area contributed by atoms with Crippen molar-refractivity contribution in [1.29, 1.82) is 0 Å². The Morgan fingerprint density at radius 2 is 1.26 bits per heavy atom. The Hall–Kier alpha value is -3.67. The summed E-state index contributed by atoms with van der Waals surface area (Å²) in [6, 6.07) is 7.20. The Morgan fingerprint density at radius 1 is 0.710 bits per heavy atom. The molecular weight excluding hydrogens is 860 g/mol. The Morgan fingerprint density at radius 3 is 1.87 bits per heavy atom. The molecule has 1 aromatic heterocycles. The molecule has 0 spiro atoms. The molecule has 0 bridgehead atoms. The van der Waals surface area contributed by atoms with Crippen LogP contribution in [0, 0.1) is 29.1 Å². The van der Waals surface area contributed by atoms with Gasteiger partial charge >= 0.3 is 13.6 Å². The molecule has 0 amide bonds. The van der Waals surface area contributed by atoms with Crippen LogP contribution in [0.2, 0.25) is 0 Å². The number of aliphatic hydroxyl groups excluding tert-OH is 3. The minimum Gasteiger partial charge on any atom is -0.462 e. The lowest BCUT2D eigenvalue weighted by molar-refractivity contribution is -0.272. The van der Waals surface area contributed by atoms with Crippen molar-refractivity contribution in [3.8, 4) is 11.5 Å². The van der Waals surface area contributed by atoms with Crippen LogP contribution in [-0.2, 0) is 52.4 Å². The van der Waals surface area contributed by atoms with Gasteiger partial charge in [0.25, 0.3) is 0 Å². The molecule has 4 rings (SSSR count). The monoisotopic (exact) mass is 913 g/mol. The lowest BCUT2D eigenvalue weighted by Gasteiger charge is -2.40. The van der Waals surface area contributed by atoms with Crippen LogP contribution in [0.4, 0.5) is 22.0 Å². The minimum absolute atomic E-state index is 0.0637. The van der Waals surface area contributed by atoms with Crippen LogP contribution in [0.15, 0.2) is 30.5 Å². The van der Waals surface area contributed by atoms with Crippen LogP contribution in [0.5, 0.6) is 11.5 Å². The number of aryl methyl sites for hydroxylation is 2. The number of halogens is 5. The maximum atomic E-state index is 13.6. The number of carbonyl (C=O) groups is 1. The second-order valence-corrected chi connectivity index (χ2v) is 16.0. The van der Waals surface area contributed by atoms with Crippen molar-refractivity contribution < 1.29 is 89.6 Å². The van der Waals surface area contributed by atoms with Crippen molar-refractivity contribution in [2.45, 2.75) is 95.0 Å². The fraction of sp³-hybridized carbons (Fsp3) is 0.615. The van der Waals surface area contributed by atoms with E-state index in [2.05, 4.69) is 15.0 Å². The largest absolute Gasteiger partial charge is 0.462 e. The van der Waals surface area contributed by atoms with Gasteiger partial charge < -0.3 is 58.3 Å². The third-order valence-corrected chi connectivity index (χ3v) is 10.3. The van der Waals surface area contributed by atoms with Gasteiger partial charge in [-0.1, -0.05) is 36.6 Å². The number of nitrogens with zero attached hydrogens (tertiary/aromatic N) is 3. The van der Waals surface area contributed by atoms with E-state index in [-0.39, 0.29) is 39.5 Å².